The van der Waals surface area contributed by atoms with Crippen LogP contribution in [0.1, 0.15) is 17.0 Å². The smallest absolute Gasteiger partial charge is 0.248 e. The average molecular weight is 373 g/mol. The number of hydrogen-bond acceptors (Lipinski definition) is 6. The molecule has 1 aromatic heterocycles. The zero-order chi connectivity index (χ0) is 18.7. The van der Waals surface area contributed by atoms with Crippen LogP contribution in [0.5, 0.6) is 5.75 Å². The second-order valence-corrected chi connectivity index (χ2v) is 7.53. The standard InChI is InChI=1S/C18H19N3O4S/c1-12-8-9-15(24-3)16(10-12)26(22,23)19-11-17-20-21-18(25-17)14-7-5-4-6-13(14)2/h4-10,19H,11H2,1-3H3. The van der Waals surface area contributed by atoms with Crippen LogP contribution in [-0.4, -0.2) is 25.7 Å². The van der Waals surface area contributed by atoms with Crippen LogP contribution in [0.15, 0.2) is 51.8 Å². The molecule has 26 heavy (non-hydrogen) atoms. The SMILES string of the molecule is COc1ccc(C)cc1S(=O)(=O)NCc1nnc(-c2ccccc2C)o1. The Balaban J connectivity index is 1.79. The summed E-state index contributed by atoms with van der Waals surface area (Å²) in [6.07, 6.45) is 0. The van der Waals surface area contributed by atoms with Crippen molar-refractivity contribution in [2.75, 3.05) is 7.11 Å². The second kappa shape index (κ2) is 7.27. The quantitative estimate of drug-likeness (QED) is 0.714. The lowest BCUT2D eigenvalue weighted by Gasteiger charge is -2.10. The predicted octanol–water partition coefficient (Wildman–Crippen LogP) is 2.84. The molecule has 8 heteroatoms. The van der Waals surface area contributed by atoms with E-state index in [2.05, 4.69) is 14.9 Å². The van der Waals surface area contributed by atoms with E-state index in [9.17, 15) is 8.42 Å². The molecule has 0 fully saturated rings. The minimum Gasteiger partial charge on any atom is -0.495 e. The molecule has 0 amide bonds. The molecule has 1 N–H and O–H groups in total. The fraction of sp³-hybridized carbons (Fsp3) is 0.222. The minimum atomic E-state index is -3.79. The summed E-state index contributed by atoms with van der Waals surface area (Å²) in [5, 5.41) is 7.91. The van der Waals surface area contributed by atoms with Gasteiger partial charge in [0.25, 0.3) is 0 Å². The van der Waals surface area contributed by atoms with E-state index in [4.69, 9.17) is 9.15 Å². The van der Waals surface area contributed by atoms with E-state index in [1.807, 2.05) is 38.1 Å². The third-order valence-electron chi connectivity index (χ3n) is 3.86. The fourth-order valence-electron chi connectivity index (χ4n) is 2.48. The van der Waals surface area contributed by atoms with Crippen molar-refractivity contribution in [1.29, 1.82) is 0 Å². The molecule has 0 saturated carbocycles. The highest BCUT2D eigenvalue weighted by molar-refractivity contribution is 7.89. The molecule has 3 rings (SSSR count). The minimum absolute atomic E-state index is 0.0682. The van der Waals surface area contributed by atoms with E-state index in [0.717, 1.165) is 16.7 Å². The molecule has 0 saturated heterocycles. The Morgan fingerprint density at radius 3 is 2.62 bits per heavy atom. The molecule has 3 aromatic rings. The fourth-order valence-corrected chi connectivity index (χ4v) is 3.70. The Morgan fingerprint density at radius 2 is 1.88 bits per heavy atom. The summed E-state index contributed by atoms with van der Waals surface area (Å²) in [5.74, 6) is 0.804. The molecule has 0 aliphatic heterocycles. The molecule has 136 valence electrons. The van der Waals surface area contributed by atoms with Crippen LogP contribution in [0.25, 0.3) is 11.5 Å². The van der Waals surface area contributed by atoms with Gasteiger partial charge in [0.1, 0.15) is 10.6 Å². The van der Waals surface area contributed by atoms with E-state index < -0.39 is 10.0 Å². The molecule has 0 unspecified atom stereocenters. The van der Waals surface area contributed by atoms with Gasteiger partial charge in [0.2, 0.25) is 21.8 Å². The molecule has 0 spiro atoms. The molecule has 0 atom stereocenters. The number of benzene rings is 2. The number of rotatable bonds is 6. The van der Waals surface area contributed by atoms with Crippen molar-refractivity contribution in [2.24, 2.45) is 0 Å². The molecule has 1 heterocycles. The topological polar surface area (TPSA) is 94.3 Å². The van der Waals surface area contributed by atoms with Crippen molar-refractivity contribution in [3.05, 3.63) is 59.5 Å². The van der Waals surface area contributed by atoms with Crippen molar-refractivity contribution in [3.63, 3.8) is 0 Å². The van der Waals surface area contributed by atoms with Crippen molar-refractivity contribution >= 4 is 10.0 Å². The largest absolute Gasteiger partial charge is 0.495 e. The lowest BCUT2D eigenvalue weighted by atomic mass is 10.1. The highest BCUT2D eigenvalue weighted by Crippen LogP contribution is 2.25. The number of ether oxygens (including phenoxy) is 1. The van der Waals surface area contributed by atoms with Crippen molar-refractivity contribution in [3.8, 4) is 17.2 Å². The van der Waals surface area contributed by atoms with Gasteiger partial charge >= 0.3 is 0 Å². The number of aryl methyl sites for hydroxylation is 2. The first-order valence-electron chi connectivity index (χ1n) is 7.93. The summed E-state index contributed by atoms with van der Waals surface area (Å²) in [5.41, 5.74) is 2.62. The van der Waals surface area contributed by atoms with Crippen LogP contribution in [-0.2, 0) is 16.6 Å². The van der Waals surface area contributed by atoms with E-state index in [1.54, 1.807) is 18.2 Å². The van der Waals surface area contributed by atoms with E-state index in [0.29, 0.717) is 5.89 Å². The molecule has 2 aromatic carbocycles. The summed E-state index contributed by atoms with van der Waals surface area (Å²) in [7, 11) is -2.36. The third kappa shape index (κ3) is 3.76. The zero-order valence-electron chi connectivity index (χ0n) is 14.7. The number of nitrogens with zero attached hydrogens (tertiary/aromatic N) is 2. The molecule has 0 aliphatic carbocycles. The Bertz CT molecular complexity index is 1030. The third-order valence-corrected chi connectivity index (χ3v) is 5.29. The molecule has 7 nitrogen and oxygen atoms in total. The Hall–Kier alpha value is -2.71. The van der Waals surface area contributed by atoms with Gasteiger partial charge in [0.15, 0.2) is 0 Å². The summed E-state index contributed by atoms with van der Waals surface area (Å²) in [6.45, 7) is 3.63. The Morgan fingerprint density at radius 1 is 1.12 bits per heavy atom. The normalized spacial score (nSPS) is 11.5. The Kier molecular flexibility index (Phi) is 5.06. The highest BCUT2D eigenvalue weighted by atomic mass is 32.2. The number of sulfonamides is 1. The van der Waals surface area contributed by atoms with Gasteiger partial charge in [-0.15, -0.1) is 10.2 Å². The van der Waals surface area contributed by atoms with Crippen molar-refractivity contribution in [2.45, 2.75) is 25.3 Å². The van der Waals surface area contributed by atoms with Gasteiger partial charge in [-0.25, -0.2) is 13.1 Å². The van der Waals surface area contributed by atoms with Gasteiger partial charge in [-0.05, 0) is 43.2 Å². The first-order valence-corrected chi connectivity index (χ1v) is 9.42. The first-order chi connectivity index (χ1) is 12.4. The van der Waals surface area contributed by atoms with Gasteiger partial charge in [-0.3, -0.25) is 0 Å². The first kappa shape index (κ1) is 18.1. The lowest BCUT2D eigenvalue weighted by molar-refractivity contribution is 0.402. The van der Waals surface area contributed by atoms with Crippen LogP contribution >= 0.6 is 0 Å². The number of methoxy groups -OCH3 is 1. The number of aromatic nitrogens is 2. The summed E-state index contributed by atoms with van der Waals surface area (Å²) >= 11 is 0. The van der Waals surface area contributed by atoms with Crippen LogP contribution in [0, 0.1) is 13.8 Å². The maximum Gasteiger partial charge on any atom is 0.248 e. The summed E-state index contributed by atoms with van der Waals surface area (Å²) < 4.78 is 38.4. The molecule has 0 aliphatic rings. The summed E-state index contributed by atoms with van der Waals surface area (Å²) in [4.78, 5) is 0.0682. The second-order valence-electron chi connectivity index (χ2n) is 5.79. The van der Waals surface area contributed by atoms with Gasteiger partial charge < -0.3 is 9.15 Å². The highest BCUT2D eigenvalue weighted by Gasteiger charge is 2.21. The van der Waals surface area contributed by atoms with Gasteiger partial charge in [-0.1, -0.05) is 24.3 Å². The van der Waals surface area contributed by atoms with Crippen molar-refractivity contribution < 1.29 is 17.6 Å². The number of hydrogen-bond donors (Lipinski definition) is 1. The van der Waals surface area contributed by atoms with Crippen molar-refractivity contribution in [1.82, 2.24) is 14.9 Å². The molecule has 0 radical (unpaired) electrons. The van der Waals surface area contributed by atoms with E-state index in [1.165, 1.54) is 7.11 Å². The molecular formula is C18H19N3O4S. The molecular weight excluding hydrogens is 354 g/mol. The maximum atomic E-state index is 12.6. The van der Waals surface area contributed by atoms with Crippen LogP contribution in [0.4, 0.5) is 0 Å². The van der Waals surface area contributed by atoms with Gasteiger partial charge in [0.05, 0.1) is 13.7 Å². The van der Waals surface area contributed by atoms with Gasteiger partial charge in [0, 0.05) is 5.56 Å². The Labute approximate surface area is 152 Å². The van der Waals surface area contributed by atoms with Crippen LogP contribution in [0.3, 0.4) is 0 Å². The number of nitrogens with one attached hydrogen (secondary N) is 1. The zero-order valence-corrected chi connectivity index (χ0v) is 15.5. The van der Waals surface area contributed by atoms with Crippen LogP contribution in [0.2, 0.25) is 0 Å². The monoisotopic (exact) mass is 373 g/mol. The van der Waals surface area contributed by atoms with E-state index >= 15 is 0 Å². The van der Waals surface area contributed by atoms with E-state index in [-0.39, 0.29) is 23.1 Å². The average Bonchev–Trinajstić information content (AvgIpc) is 3.09. The molecule has 0 bridgehead atoms. The summed E-state index contributed by atoms with van der Waals surface area (Å²) in [6, 6.07) is 12.5. The lowest BCUT2D eigenvalue weighted by Crippen LogP contribution is -2.24. The van der Waals surface area contributed by atoms with Crippen LogP contribution < -0.4 is 9.46 Å². The maximum absolute atomic E-state index is 12.6. The van der Waals surface area contributed by atoms with Gasteiger partial charge in [-0.2, -0.15) is 0 Å². The predicted molar refractivity (Wildman–Crippen MR) is 96.2 cm³/mol.